The summed E-state index contributed by atoms with van der Waals surface area (Å²) in [4.78, 5) is 14.0. The average Bonchev–Trinajstić information content (AvgIpc) is 2.46. The van der Waals surface area contributed by atoms with Crippen molar-refractivity contribution in [3.8, 4) is 0 Å². The number of nitrogens with zero attached hydrogens (tertiary/aromatic N) is 1. The van der Waals surface area contributed by atoms with Crippen molar-refractivity contribution < 1.29 is 9.53 Å². The minimum Gasteiger partial charge on any atom is -0.368 e. The van der Waals surface area contributed by atoms with E-state index in [0.717, 1.165) is 38.2 Å². The molecule has 0 spiro atoms. The van der Waals surface area contributed by atoms with Crippen LogP contribution >= 0.6 is 0 Å². The lowest BCUT2D eigenvalue weighted by atomic mass is 10.1. The maximum atomic E-state index is 11.9. The topological polar surface area (TPSA) is 53.6 Å². The molecule has 0 atom stereocenters. The lowest BCUT2D eigenvalue weighted by Gasteiger charge is -2.22. The zero-order valence-corrected chi connectivity index (χ0v) is 12.9. The molecule has 0 radical (unpaired) electrons. The molecule has 21 heavy (non-hydrogen) atoms. The van der Waals surface area contributed by atoms with Crippen LogP contribution in [0.3, 0.4) is 0 Å². The van der Waals surface area contributed by atoms with Gasteiger partial charge >= 0.3 is 0 Å². The molecule has 5 nitrogen and oxygen atoms in total. The number of carbonyl (C=O) groups is 1. The Bertz CT molecular complexity index is 457. The molecule has 1 heterocycles. The van der Waals surface area contributed by atoms with E-state index in [1.54, 1.807) is 0 Å². The molecule has 1 amide bonds. The first-order chi connectivity index (χ1) is 10.1. The van der Waals surface area contributed by atoms with Gasteiger partial charge in [-0.15, -0.1) is 0 Å². The van der Waals surface area contributed by atoms with Crippen LogP contribution in [-0.2, 0) is 16.1 Å². The van der Waals surface area contributed by atoms with E-state index in [9.17, 15) is 4.79 Å². The Hall–Kier alpha value is -1.43. The number of anilines is 1. The number of hydrogen-bond donors (Lipinski definition) is 2. The molecule has 1 fully saturated rings. The highest BCUT2D eigenvalue weighted by molar-refractivity contribution is 5.91. The SMILES string of the molecule is CN(C)Cc1cccc(NC(=O)COC2CCNCC2)c1. The first-order valence-electron chi connectivity index (χ1n) is 7.49. The molecule has 0 unspecified atom stereocenters. The van der Waals surface area contributed by atoms with Crippen LogP contribution in [0.5, 0.6) is 0 Å². The molecule has 0 saturated carbocycles. The number of amides is 1. The van der Waals surface area contributed by atoms with Crippen molar-refractivity contribution in [2.45, 2.75) is 25.5 Å². The summed E-state index contributed by atoms with van der Waals surface area (Å²) in [5.74, 6) is -0.0875. The molecule has 0 bridgehead atoms. The van der Waals surface area contributed by atoms with Gasteiger partial charge in [-0.25, -0.2) is 0 Å². The summed E-state index contributed by atoms with van der Waals surface area (Å²) < 4.78 is 5.65. The van der Waals surface area contributed by atoms with Crippen molar-refractivity contribution in [2.24, 2.45) is 0 Å². The van der Waals surface area contributed by atoms with Gasteiger partial charge in [0, 0.05) is 12.2 Å². The van der Waals surface area contributed by atoms with Gasteiger partial charge in [0.1, 0.15) is 6.61 Å². The van der Waals surface area contributed by atoms with E-state index in [-0.39, 0.29) is 18.6 Å². The van der Waals surface area contributed by atoms with E-state index >= 15 is 0 Å². The van der Waals surface area contributed by atoms with E-state index in [1.165, 1.54) is 5.56 Å². The van der Waals surface area contributed by atoms with Crippen LogP contribution in [0.15, 0.2) is 24.3 Å². The molecular formula is C16H25N3O2. The number of hydrogen-bond acceptors (Lipinski definition) is 4. The standard InChI is InChI=1S/C16H25N3O2/c1-19(2)11-13-4-3-5-14(10-13)18-16(20)12-21-15-6-8-17-9-7-15/h3-5,10,15,17H,6-9,11-12H2,1-2H3,(H,18,20). The highest BCUT2D eigenvalue weighted by Crippen LogP contribution is 2.12. The lowest BCUT2D eigenvalue weighted by molar-refractivity contribution is -0.123. The van der Waals surface area contributed by atoms with Gasteiger partial charge in [-0.2, -0.15) is 0 Å². The van der Waals surface area contributed by atoms with Crippen molar-refractivity contribution in [1.29, 1.82) is 0 Å². The zero-order chi connectivity index (χ0) is 15.1. The molecule has 1 saturated heterocycles. The Balaban J connectivity index is 1.78. The monoisotopic (exact) mass is 291 g/mol. The van der Waals surface area contributed by atoms with Crippen molar-refractivity contribution in [3.05, 3.63) is 29.8 Å². The third kappa shape index (κ3) is 5.83. The van der Waals surface area contributed by atoms with Gasteiger partial charge in [-0.3, -0.25) is 4.79 Å². The Morgan fingerprint density at radius 3 is 2.86 bits per heavy atom. The van der Waals surface area contributed by atoms with Crippen LogP contribution in [-0.4, -0.2) is 50.7 Å². The summed E-state index contributed by atoms with van der Waals surface area (Å²) in [7, 11) is 4.05. The molecule has 116 valence electrons. The summed E-state index contributed by atoms with van der Waals surface area (Å²) in [6, 6.07) is 7.92. The number of carbonyl (C=O) groups excluding carboxylic acids is 1. The van der Waals surface area contributed by atoms with E-state index in [0.29, 0.717) is 0 Å². The molecule has 2 N–H and O–H groups in total. The first kappa shape index (κ1) is 15.9. The molecule has 1 aliphatic rings. The quantitative estimate of drug-likeness (QED) is 0.833. The van der Waals surface area contributed by atoms with Crippen LogP contribution < -0.4 is 10.6 Å². The molecule has 5 heteroatoms. The molecular weight excluding hydrogens is 266 g/mol. The minimum absolute atomic E-state index is 0.0875. The van der Waals surface area contributed by atoms with Crippen LogP contribution in [0.2, 0.25) is 0 Å². The molecule has 0 aliphatic carbocycles. The number of nitrogens with one attached hydrogen (secondary N) is 2. The van der Waals surface area contributed by atoms with E-state index in [1.807, 2.05) is 32.3 Å². The van der Waals surface area contributed by atoms with Crippen molar-refractivity contribution in [1.82, 2.24) is 10.2 Å². The summed E-state index contributed by atoms with van der Waals surface area (Å²) in [6.45, 7) is 2.93. The summed E-state index contributed by atoms with van der Waals surface area (Å²) >= 11 is 0. The maximum absolute atomic E-state index is 11.9. The molecule has 0 aromatic heterocycles. The highest BCUT2D eigenvalue weighted by Gasteiger charge is 2.14. The lowest BCUT2D eigenvalue weighted by Crippen LogP contribution is -2.34. The molecule has 1 aromatic carbocycles. The smallest absolute Gasteiger partial charge is 0.250 e. The van der Waals surface area contributed by atoms with Crippen LogP contribution in [0, 0.1) is 0 Å². The van der Waals surface area contributed by atoms with Crippen molar-refractivity contribution >= 4 is 11.6 Å². The summed E-state index contributed by atoms with van der Waals surface area (Å²) in [6.07, 6.45) is 2.16. The van der Waals surface area contributed by atoms with Gasteiger partial charge in [0.15, 0.2) is 0 Å². The van der Waals surface area contributed by atoms with Crippen LogP contribution in [0.4, 0.5) is 5.69 Å². The van der Waals surface area contributed by atoms with Gasteiger partial charge < -0.3 is 20.3 Å². The van der Waals surface area contributed by atoms with E-state index < -0.39 is 0 Å². The van der Waals surface area contributed by atoms with E-state index in [2.05, 4.69) is 21.6 Å². The predicted octanol–water partition coefficient (Wildman–Crippen LogP) is 1.46. The molecule has 1 aromatic rings. The highest BCUT2D eigenvalue weighted by atomic mass is 16.5. The van der Waals surface area contributed by atoms with Crippen LogP contribution in [0.25, 0.3) is 0 Å². The first-order valence-corrected chi connectivity index (χ1v) is 7.49. The second-order valence-electron chi connectivity index (χ2n) is 5.75. The summed E-state index contributed by atoms with van der Waals surface area (Å²) in [5, 5.41) is 6.18. The second-order valence-corrected chi connectivity index (χ2v) is 5.75. The number of ether oxygens (including phenoxy) is 1. The second kappa shape index (κ2) is 8.12. The Morgan fingerprint density at radius 2 is 2.14 bits per heavy atom. The van der Waals surface area contributed by atoms with Crippen molar-refractivity contribution in [3.63, 3.8) is 0 Å². The van der Waals surface area contributed by atoms with Crippen LogP contribution in [0.1, 0.15) is 18.4 Å². The predicted molar refractivity (Wildman–Crippen MR) is 84.3 cm³/mol. The Labute approximate surface area is 126 Å². The zero-order valence-electron chi connectivity index (χ0n) is 12.9. The van der Waals surface area contributed by atoms with Gasteiger partial charge in [0.25, 0.3) is 0 Å². The number of benzene rings is 1. The number of rotatable bonds is 6. The van der Waals surface area contributed by atoms with Gasteiger partial charge in [-0.05, 0) is 57.7 Å². The fraction of sp³-hybridized carbons (Fsp3) is 0.562. The third-order valence-corrected chi connectivity index (χ3v) is 3.45. The van der Waals surface area contributed by atoms with Crippen molar-refractivity contribution in [2.75, 3.05) is 39.1 Å². The maximum Gasteiger partial charge on any atom is 0.250 e. The Kier molecular flexibility index (Phi) is 6.17. The molecule has 2 rings (SSSR count). The number of piperidine rings is 1. The van der Waals surface area contributed by atoms with E-state index in [4.69, 9.17) is 4.74 Å². The van der Waals surface area contributed by atoms with Gasteiger partial charge in [0.2, 0.25) is 5.91 Å². The minimum atomic E-state index is -0.0875. The Morgan fingerprint density at radius 1 is 1.38 bits per heavy atom. The normalized spacial score (nSPS) is 16.1. The largest absolute Gasteiger partial charge is 0.368 e. The van der Waals surface area contributed by atoms with Gasteiger partial charge in [-0.1, -0.05) is 12.1 Å². The fourth-order valence-corrected chi connectivity index (χ4v) is 2.47. The summed E-state index contributed by atoms with van der Waals surface area (Å²) in [5.41, 5.74) is 2.00. The fourth-order valence-electron chi connectivity index (χ4n) is 2.47. The third-order valence-electron chi connectivity index (χ3n) is 3.45. The molecule has 1 aliphatic heterocycles. The van der Waals surface area contributed by atoms with Gasteiger partial charge in [0.05, 0.1) is 6.10 Å². The average molecular weight is 291 g/mol.